The van der Waals surface area contributed by atoms with Gasteiger partial charge in [-0.15, -0.1) is 10.2 Å². The van der Waals surface area contributed by atoms with E-state index in [2.05, 4.69) is 61.2 Å². The molecule has 0 amide bonds. The van der Waals surface area contributed by atoms with Crippen LogP contribution in [0.5, 0.6) is 0 Å². The summed E-state index contributed by atoms with van der Waals surface area (Å²) in [7, 11) is 0. The van der Waals surface area contributed by atoms with Crippen LogP contribution in [-0.2, 0) is 6.54 Å². The molecule has 8 heteroatoms. The van der Waals surface area contributed by atoms with E-state index in [0.29, 0.717) is 0 Å². The minimum Gasteiger partial charge on any atom is -1.00 e. The van der Waals surface area contributed by atoms with E-state index in [1.807, 2.05) is 6.92 Å². The monoisotopic (exact) mass is 451 g/mol. The summed E-state index contributed by atoms with van der Waals surface area (Å²) in [5, 5.41) is 13.6. The topological polar surface area (TPSA) is 47.0 Å². The van der Waals surface area contributed by atoms with Gasteiger partial charge in [-0.3, -0.25) is 0 Å². The minimum absolute atomic E-state index is 0. The van der Waals surface area contributed by atoms with Crippen molar-refractivity contribution in [2.45, 2.75) is 20.4 Å². The van der Waals surface area contributed by atoms with Gasteiger partial charge in [-0.05, 0) is 35.8 Å². The lowest BCUT2D eigenvalue weighted by atomic mass is 10.3. The third kappa shape index (κ3) is 2.79. The molecule has 0 fully saturated rings. The predicted octanol–water partition coefficient (Wildman–Crippen LogP) is -0.765. The van der Waals surface area contributed by atoms with Crippen LogP contribution in [0.4, 0.5) is 0 Å². The van der Waals surface area contributed by atoms with Crippen molar-refractivity contribution in [1.82, 2.24) is 19.8 Å². The van der Waals surface area contributed by atoms with Crippen molar-refractivity contribution in [3.05, 3.63) is 28.8 Å². The first-order valence-corrected chi connectivity index (χ1v) is 7.17. The molecule has 0 atom stereocenters. The van der Waals surface area contributed by atoms with Crippen LogP contribution in [0.2, 0.25) is 0 Å². The van der Waals surface area contributed by atoms with Gasteiger partial charge in [0.1, 0.15) is 6.54 Å². The van der Waals surface area contributed by atoms with Crippen LogP contribution in [0.3, 0.4) is 0 Å². The number of rotatable bonds is 2. The molecule has 3 aromatic rings. The average molecular weight is 452 g/mol. The van der Waals surface area contributed by atoms with Crippen LogP contribution in [0, 0.1) is 6.92 Å². The summed E-state index contributed by atoms with van der Waals surface area (Å²) in [4.78, 5) is 0.825. The highest BCUT2D eigenvalue weighted by Crippen LogP contribution is 2.26. The molecule has 3 heterocycles. The van der Waals surface area contributed by atoms with Gasteiger partial charge in [-0.1, -0.05) is 11.3 Å². The lowest BCUT2D eigenvalue weighted by molar-refractivity contribution is -0.693. The summed E-state index contributed by atoms with van der Waals surface area (Å²) in [6.07, 6.45) is 4.14. The van der Waals surface area contributed by atoms with Gasteiger partial charge in [0.15, 0.2) is 23.2 Å². The number of hydrogen-bond acceptors (Lipinski definition) is 4. The molecule has 0 spiro atoms. The fraction of sp³-hybridized carbons (Fsp3) is 0.273. The Hall–Kier alpha value is -0.610. The van der Waals surface area contributed by atoms with Crippen molar-refractivity contribution >= 4 is 32.2 Å². The van der Waals surface area contributed by atoms with E-state index in [4.69, 9.17) is 0 Å². The van der Waals surface area contributed by atoms with E-state index >= 15 is 0 Å². The van der Waals surface area contributed by atoms with Crippen LogP contribution in [-0.4, -0.2) is 19.8 Å². The molecule has 0 saturated carbocycles. The zero-order valence-corrected chi connectivity index (χ0v) is 14.9. The molecular formula is C11H11BrIN5S. The van der Waals surface area contributed by atoms with Crippen LogP contribution < -0.4 is 28.5 Å². The van der Waals surface area contributed by atoms with E-state index in [1.165, 1.54) is 0 Å². The molecule has 5 nitrogen and oxygen atoms in total. The molecule has 100 valence electrons. The molecule has 0 N–H and O–H groups in total. The lowest BCUT2D eigenvalue weighted by Gasteiger charge is -1.97. The number of pyridine rings is 1. The first-order chi connectivity index (χ1) is 8.67. The van der Waals surface area contributed by atoms with E-state index in [1.54, 1.807) is 15.9 Å². The van der Waals surface area contributed by atoms with E-state index in [0.717, 1.165) is 32.4 Å². The number of halogens is 2. The molecule has 0 unspecified atom stereocenters. The van der Waals surface area contributed by atoms with Crippen molar-refractivity contribution in [1.29, 1.82) is 0 Å². The molecule has 3 aromatic heterocycles. The molecule has 0 aliphatic rings. The Kier molecular flexibility index (Phi) is 4.51. The maximum Gasteiger partial charge on any atom is 0.234 e. The van der Waals surface area contributed by atoms with E-state index in [-0.39, 0.29) is 24.0 Å². The quantitative estimate of drug-likeness (QED) is 0.380. The molecule has 0 aliphatic heterocycles. The second-order valence-corrected chi connectivity index (χ2v) is 5.79. The number of hydrogen-bond donors (Lipinski definition) is 0. The third-order valence-electron chi connectivity index (χ3n) is 2.65. The molecule has 0 bridgehead atoms. The van der Waals surface area contributed by atoms with Crippen molar-refractivity contribution in [2.24, 2.45) is 0 Å². The van der Waals surface area contributed by atoms with Crippen molar-refractivity contribution < 1.29 is 28.5 Å². The molecule has 0 aromatic carbocycles. The Morgan fingerprint density at radius 3 is 2.84 bits per heavy atom. The number of aryl methyl sites for hydroxylation is 2. The lowest BCUT2D eigenvalue weighted by Crippen LogP contribution is -3.00. The Morgan fingerprint density at radius 2 is 2.16 bits per heavy atom. The molecule has 0 aliphatic carbocycles. The molecule has 3 rings (SSSR count). The summed E-state index contributed by atoms with van der Waals surface area (Å²) in [6, 6.07) is 2.06. The van der Waals surface area contributed by atoms with Crippen molar-refractivity contribution in [3.63, 3.8) is 0 Å². The maximum absolute atomic E-state index is 4.54. The zero-order valence-electron chi connectivity index (χ0n) is 10.3. The molecule has 19 heavy (non-hydrogen) atoms. The Morgan fingerprint density at radius 1 is 1.37 bits per heavy atom. The standard InChI is InChI=1S/C11H11BrN5S.HI/c1-3-16-5-8(4-9(12)6-16)10-15-17-7(2)13-14-11(17)18-10;/h4-6H,3H2,1-2H3;1H/q+1;/p-1. The van der Waals surface area contributed by atoms with Gasteiger partial charge in [0, 0.05) is 0 Å². The highest BCUT2D eigenvalue weighted by Gasteiger charge is 2.14. The van der Waals surface area contributed by atoms with Gasteiger partial charge in [0.05, 0.1) is 10.0 Å². The maximum atomic E-state index is 4.54. The molecule has 0 saturated heterocycles. The Labute approximate surface area is 139 Å². The average Bonchev–Trinajstić information content (AvgIpc) is 2.91. The van der Waals surface area contributed by atoms with Crippen molar-refractivity contribution in [2.75, 3.05) is 0 Å². The smallest absolute Gasteiger partial charge is 0.234 e. The second-order valence-electron chi connectivity index (χ2n) is 3.92. The summed E-state index contributed by atoms with van der Waals surface area (Å²) < 4.78 is 4.94. The summed E-state index contributed by atoms with van der Waals surface area (Å²) in [5.41, 5.74) is 1.08. The highest BCUT2D eigenvalue weighted by molar-refractivity contribution is 9.10. The van der Waals surface area contributed by atoms with Gasteiger partial charge >= 0.3 is 0 Å². The van der Waals surface area contributed by atoms with Gasteiger partial charge in [0.2, 0.25) is 4.96 Å². The highest BCUT2D eigenvalue weighted by atomic mass is 127. The largest absolute Gasteiger partial charge is 1.00 e. The fourth-order valence-corrected chi connectivity index (χ4v) is 3.10. The third-order valence-corrected chi connectivity index (χ3v) is 4.03. The summed E-state index contributed by atoms with van der Waals surface area (Å²) in [5.74, 6) is 0.811. The van der Waals surface area contributed by atoms with Crippen LogP contribution in [0.15, 0.2) is 22.9 Å². The number of aromatic nitrogens is 5. The predicted molar refractivity (Wildman–Crippen MR) is 72.4 cm³/mol. The molecule has 0 radical (unpaired) electrons. The fourth-order valence-electron chi connectivity index (χ4n) is 1.73. The molecular weight excluding hydrogens is 441 g/mol. The van der Waals surface area contributed by atoms with Crippen LogP contribution in [0.1, 0.15) is 12.7 Å². The Balaban J connectivity index is 0.00000133. The van der Waals surface area contributed by atoms with Gasteiger partial charge in [-0.2, -0.15) is 9.61 Å². The SMILES string of the molecule is CC[n+]1cc(Br)cc(-c2nn3c(C)nnc3s2)c1.[I-]. The van der Waals surface area contributed by atoms with Crippen LogP contribution in [0.25, 0.3) is 15.5 Å². The summed E-state index contributed by atoms with van der Waals surface area (Å²) >= 11 is 5.06. The number of nitrogens with zero attached hydrogens (tertiary/aromatic N) is 5. The number of fused-ring (bicyclic) bond motifs is 1. The van der Waals surface area contributed by atoms with Crippen molar-refractivity contribution in [3.8, 4) is 10.6 Å². The van der Waals surface area contributed by atoms with E-state index in [9.17, 15) is 0 Å². The second kappa shape index (κ2) is 5.80. The first-order valence-electron chi connectivity index (χ1n) is 5.56. The van der Waals surface area contributed by atoms with Crippen LogP contribution >= 0.6 is 27.3 Å². The zero-order chi connectivity index (χ0) is 12.7. The summed E-state index contributed by atoms with van der Waals surface area (Å²) in [6.45, 7) is 4.94. The van der Waals surface area contributed by atoms with Gasteiger partial charge in [-0.25, -0.2) is 4.57 Å². The minimum atomic E-state index is 0. The first kappa shape index (κ1) is 14.8. The van der Waals surface area contributed by atoms with Gasteiger partial charge < -0.3 is 24.0 Å². The Bertz CT molecular complexity index is 723. The van der Waals surface area contributed by atoms with Gasteiger partial charge in [0.25, 0.3) is 0 Å². The normalized spacial score (nSPS) is 10.7. The van der Waals surface area contributed by atoms with E-state index < -0.39 is 0 Å².